The molecule has 1 fully saturated rings. The van der Waals surface area contributed by atoms with Crippen molar-refractivity contribution in [1.82, 2.24) is 20.1 Å². The Morgan fingerprint density at radius 1 is 1.06 bits per heavy atom. The number of hydrogen-bond donors (Lipinski definition) is 1. The molecule has 3 aromatic heterocycles. The van der Waals surface area contributed by atoms with Crippen molar-refractivity contribution in [2.45, 2.75) is 26.3 Å². The van der Waals surface area contributed by atoms with Crippen molar-refractivity contribution >= 4 is 11.7 Å². The summed E-state index contributed by atoms with van der Waals surface area (Å²) in [5.74, 6) is 2.13. The molecule has 0 aliphatic carbocycles. The van der Waals surface area contributed by atoms with Crippen LogP contribution >= 0.6 is 0 Å². The molecule has 4 aromatic rings. The van der Waals surface area contributed by atoms with Crippen molar-refractivity contribution in [2.24, 2.45) is 0 Å². The highest BCUT2D eigenvalue weighted by atomic mass is 16.3. The van der Waals surface area contributed by atoms with E-state index in [4.69, 9.17) is 4.42 Å². The third kappa shape index (κ3) is 4.14. The Labute approximate surface area is 186 Å². The SMILES string of the molecule is Cc1ccc(-c2nn(-c3ccccc3)cc2C(=O)NCc2ccc(N3CCCC3)nc2)o1. The van der Waals surface area contributed by atoms with Gasteiger partial charge < -0.3 is 14.6 Å². The molecular weight excluding hydrogens is 402 g/mol. The highest BCUT2D eigenvalue weighted by Gasteiger charge is 2.21. The summed E-state index contributed by atoms with van der Waals surface area (Å²) in [6, 6.07) is 17.5. The molecule has 7 nitrogen and oxygen atoms in total. The molecule has 1 aliphatic rings. The molecule has 0 spiro atoms. The Morgan fingerprint density at radius 2 is 1.88 bits per heavy atom. The predicted molar refractivity (Wildman–Crippen MR) is 123 cm³/mol. The summed E-state index contributed by atoms with van der Waals surface area (Å²) in [6.07, 6.45) is 6.01. The van der Waals surface area contributed by atoms with E-state index in [0.29, 0.717) is 23.6 Å². The van der Waals surface area contributed by atoms with Crippen molar-refractivity contribution in [2.75, 3.05) is 18.0 Å². The van der Waals surface area contributed by atoms with Gasteiger partial charge in [-0.2, -0.15) is 5.10 Å². The summed E-state index contributed by atoms with van der Waals surface area (Å²) >= 11 is 0. The molecular formula is C25H25N5O2. The average Bonchev–Trinajstić information content (AvgIpc) is 3.59. The molecule has 1 amide bonds. The Kier molecular flexibility index (Phi) is 5.46. The summed E-state index contributed by atoms with van der Waals surface area (Å²) in [4.78, 5) is 20.0. The third-order valence-corrected chi connectivity index (χ3v) is 5.65. The van der Waals surface area contributed by atoms with Gasteiger partial charge >= 0.3 is 0 Å². The zero-order valence-corrected chi connectivity index (χ0v) is 18.0. The minimum absolute atomic E-state index is 0.208. The van der Waals surface area contributed by atoms with Crippen LogP contribution in [-0.4, -0.2) is 33.8 Å². The van der Waals surface area contributed by atoms with Crippen LogP contribution in [0.25, 0.3) is 17.1 Å². The first-order valence-corrected chi connectivity index (χ1v) is 10.9. The van der Waals surface area contributed by atoms with Gasteiger partial charge in [-0.05, 0) is 55.7 Å². The molecule has 1 aliphatic heterocycles. The van der Waals surface area contributed by atoms with E-state index in [1.807, 2.05) is 67.7 Å². The van der Waals surface area contributed by atoms with Gasteiger partial charge in [0.15, 0.2) is 5.76 Å². The second-order valence-corrected chi connectivity index (χ2v) is 7.98. The quantitative estimate of drug-likeness (QED) is 0.495. The fraction of sp³-hybridized carbons (Fsp3) is 0.240. The molecule has 32 heavy (non-hydrogen) atoms. The first-order chi connectivity index (χ1) is 15.7. The topological polar surface area (TPSA) is 76.2 Å². The number of nitrogens with zero attached hydrogens (tertiary/aromatic N) is 4. The minimum atomic E-state index is -0.208. The van der Waals surface area contributed by atoms with E-state index in [2.05, 4.69) is 20.3 Å². The van der Waals surface area contributed by atoms with Gasteiger partial charge in [-0.15, -0.1) is 0 Å². The van der Waals surface area contributed by atoms with Crippen LogP contribution in [0.5, 0.6) is 0 Å². The molecule has 0 atom stereocenters. The first kappa shape index (κ1) is 20.1. The Morgan fingerprint density at radius 3 is 2.56 bits per heavy atom. The van der Waals surface area contributed by atoms with E-state index >= 15 is 0 Å². The van der Waals surface area contributed by atoms with Crippen LogP contribution in [0, 0.1) is 6.92 Å². The van der Waals surface area contributed by atoms with E-state index < -0.39 is 0 Å². The number of benzene rings is 1. The van der Waals surface area contributed by atoms with Gasteiger partial charge in [-0.25, -0.2) is 9.67 Å². The molecule has 7 heteroatoms. The zero-order chi connectivity index (χ0) is 21.9. The molecule has 1 aromatic carbocycles. The van der Waals surface area contributed by atoms with Crippen molar-refractivity contribution in [3.8, 4) is 17.1 Å². The molecule has 0 bridgehead atoms. The van der Waals surface area contributed by atoms with Gasteiger partial charge in [0.25, 0.3) is 5.91 Å². The number of para-hydroxylation sites is 1. The molecule has 0 unspecified atom stereocenters. The summed E-state index contributed by atoms with van der Waals surface area (Å²) in [7, 11) is 0. The van der Waals surface area contributed by atoms with Crippen molar-refractivity contribution in [3.05, 3.63) is 83.9 Å². The lowest BCUT2D eigenvalue weighted by Crippen LogP contribution is -2.23. The Balaban J connectivity index is 1.36. The zero-order valence-electron chi connectivity index (χ0n) is 18.0. The number of pyridine rings is 1. The van der Waals surface area contributed by atoms with Crippen molar-refractivity contribution in [1.29, 1.82) is 0 Å². The number of aromatic nitrogens is 3. The second kappa shape index (κ2) is 8.70. The number of hydrogen-bond acceptors (Lipinski definition) is 5. The van der Waals surface area contributed by atoms with E-state index in [1.165, 1.54) is 12.8 Å². The monoisotopic (exact) mass is 427 g/mol. The molecule has 162 valence electrons. The number of carbonyl (C=O) groups excluding carboxylic acids is 1. The molecule has 1 N–H and O–H groups in total. The maximum atomic E-state index is 13.1. The van der Waals surface area contributed by atoms with Crippen LogP contribution in [0.1, 0.15) is 34.5 Å². The molecule has 0 radical (unpaired) electrons. The van der Waals surface area contributed by atoms with Crippen LogP contribution in [0.2, 0.25) is 0 Å². The van der Waals surface area contributed by atoms with Crippen LogP contribution in [0.3, 0.4) is 0 Å². The number of amides is 1. The highest BCUT2D eigenvalue weighted by molar-refractivity contribution is 5.99. The summed E-state index contributed by atoms with van der Waals surface area (Å²) in [6.45, 7) is 4.38. The lowest BCUT2D eigenvalue weighted by atomic mass is 10.2. The predicted octanol–water partition coefficient (Wildman–Crippen LogP) is 4.37. The number of furan rings is 1. The fourth-order valence-electron chi connectivity index (χ4n) is 3.93. The number of carbonyl (C=O) groups is 1. The number of anilines is 1. The van der Waals surface area contributed by atoms with Crippen LogP contribution in [0.15, 0.2) is 71.4 Å². The molecule has 5 rings (SSSR count). The van der Waals surface area contributed by atoms with Gasteiger partial charge in [-0.1, -0.05) is 24.3 Å². The number of nitrogens with one attached hydrogen (secondary N) is 1. The normalized spacial score (nSPS) is 13.5. The van der Waals surface area contributed by atoms with Gasteiger partial charge in [-0.3, -0.25) is 4.79 Å². The summed E-state index contributed by atoms with van der Waals surface area (Å²) in [5, 5.41) is 7.64. The number of aryl methyl sites for hydroxylation is 1. The van der Waals surface area contributed by atoms with Gasteiger partial charge in [0.2, 0.25) is 0 Å². The first-order valence-electron chi connectivity index (χ1n) is 10.9. The molecule has 1 saturated heterocycles. The lowest BCUT2D eigenvalue weighted by molar-refractivity contribution is 0.0951. The van der Waals surface area contributed by atoms with E-state index in [9.17, 15) is 4.79 Å². The highest BCUT2D eigenvalue weighted by Crippen LogP contribution is 2.26. The van der Waals surface area contributed by atoms with Gasteiger partial charge in [0.05, 0.1) is 11.3 Å². The Bertz CT molecular complexity index is 1200. The maximum absolute atomic E-state index is 13.1. The third-order valence-electron chi connectivity index (χ3n) is 5.65. The minimum Gasteiger partial charge on any atom is -0.460 e. The summed E-state index contributed by atoms with van der Waals surface area (Å²) in [5.41, 5.74) is 2.80. The van der Waals surface area contributed by atoms with Crippen LogP contribution < -0.4 is 10.2 Å². The van der Waals surface area contributed by atoms with Gasteiger partial charge in [0.1, 0.15) is 17.3 Å². The Hall–Kier alpha value is -3.87. The standard InChI is InChI=1S/C25H25N5O2/c1-18-9-11-22(32-18)24-21(17-30(28-24)20-7-3-2-4-8-20)25(31)27-16-19-10-12-23(26-15-19)29-13-5-6-14-29/h2-4,7-12,15,17H,5-6,13-14,16H2,1H3,(H,27,31). The van der Waals surface area contributed by atoms with Crippen molar-refractivity contribution < 1.29 is 9.21 Å². The molecule has 4 heterocycles. The van der Waals surface area contributed by atoms with Crippen LogP contribution in [-0.2, 0) is 6.54 Å². The van der Waals surface area contributed by atoms with E-state index in [-0.39, 0.29) is 5.91 Å². The molecule has 0 saturated carbocycles. The maximum Gasteiger partial charge on any atom is 0.255 e. The largest absolute Gasteiger partial charge is 0.460 e. The van der Waals surface area contributed by atoms with E-state index in [0.717, 1.165) is 35.9 Å². The number of rotatable bonds is 6. The fourth-order valence-corrected chi connectivity index (χ4v) is 3.93. The average molecular weight is 428 g/mol. The van der Waals surface area contributed by atoms with E-state index in [1.54, 1.807) is 10.9 Å². The van der Waals surface area contributed by atoms with Crippen molar-refractivity contribution in [3.63, 3.8) is 0 Å². The smallest absolute Gasteiger partial charge is 0.255 e. The van der Waals surface area contributed by atoms with Crippen LogP contribution in [0.4, 0.5) is 5.82 Å². The van der Waals surface area contributed by atoms with Gasteiger partial charge in [0, 0.05) is 32.0 Å². The second-order valence-electron chi connectivity index (χ2n) is 7.98. The lowest BCUT2D eigenvalue weighted by Gasteiger charge is -2.16. The summed E-state index contributed by atoms with van der Waals surface area (Å²) < 4.78 is 7.47.